The van der Waals surface area contributed by atoms with E-state index < -0.39 is 0 Å². The van der Waals surface area contributed by atoms with Crippen molar-refractivity contribution in [2.24, 2.45) is 11.7 Å². The Hall–Kier alpha value is 0.730. The van der Waals surface area contributed by atoms with Crippen LogP contribution in [-0.2, 0) is 0 Å². The zero-order chi connectivity index (χ0) is 16.0. The maximum atomic E-state index is 6.30. The standard InChI is InChI=1S/C19H40ClN.BrH/c1-4-5-6-7-8-9-10-11-12-13-15-18(16-14-17-20)19(2,3)21;/h18H,4-17,21H2,1-3H3;1H. The van der Waals surface area contributed by atoms with Gasteiger partial charge in [-0.2, -0.15) is 0 Å². The van der Waals surface area contributed by atoms with Gasteiger partial charge in [-0.1, -0.05) is 71.1 Å². The molecule has 22 heavy (non-hydrogen) atoms. The van der Waals surface area contributed by atoms with Crippen LogP contribution >= 0.6 is 28.6 Å². The van der Waals surface area contributed by atoms with E-state index in [0.29, 0.717) is 5.92 Å². The molecule has 3 heteroatoms. The van der Waals surface area contributed by atoms with Gasteiger partial charge >= 0.3 is 0 Å². The van der Waals surface area contributed by atoms with Crippen molar-refractivity contribution in [3.63, 3.8) is 0 Å². The Morgan fingerprint density at radius 2 is 1.18 bits per heavy atom. The Balaban J connectivity index is 0. The zero-order valence-corrected chi connectivity index (χ0v) is 17.8. The number of alkyl halides is 1. The van der Waals surface area contributed by atoms with Crippen LogP contribution < -0.4 is 5.73 Å². The maximum absolute atomic E-state index is 6.30. The Kier molecular flexibility index (Phi) is 18.8. The van der Waals surface area contributed by atoms with Gasteiger partial charge in [0.15, 0.2) is 0 Å². The molecule has 0 saturated carbocycles. The molecule has 2 N–H and O–H groups in total. The van der Waals surface area contributed by atoms with Gasteiger partial charge in [0.05, 0.1) is 0 Å². The first-order valence-electron chi connectivity index (χ1n) is 9.37. The molecule has 0 aliphatic heterocycles. The highest BCUT2D eigenvalue weighted by atomic mass is 79.9. The number of halogens is 2. The maximum Gasteiger partial charge on any atom is 0.0223 e. The van der Waals surface area contributed by atoms with Crippen molar-refractivity contribution in [3.05, 3.63) is 0 Å². The predicted molar refractivity (Wildman–Crippen MR) is 108 cm³/mol. The molecule has 0 rings (SSSR count). The van der Waals surface area contributed by atoms with Gasteiger partial charge in [0.1, 0.15) is 0 Å². The Morgan fingerprint density at radius 1 is 0.773 bits per heavy atom. The van der Waals surface area contributed by atoms with E-state index in [2.05, 4.69) is 20.8 Å². The summed E-state index contributed by atoms with van der Waals surface area (Å²) in [4.78, 5) is 0. The van der Waals surface area contributed by atoms with Crippen LogP contribution in [0.2, 0.25) is 0 Å². The first-order valence-corrected chi connectivity index (χ1v) is 9.90. The number of nitrogens with two attached hydrogens (primary N) is 1. The lowest BCUT2D eigenvalue weighted by Gasteiger charge is -2.30. The van der Waals surface area contributed by atoms with Crippen molar-refractivity contribution in [1.82, 2.24) is 0 Å². The van der Waals surface area contributed by atoms with Crippen LogP contribution in [0.5, 0.6) is 0 Å². The van der Waals surface area contributed by atoms with E-state index in [4.69, 9.17) is 17.3 Å². The molecule has 0 saturated heterocycles. The van der Waals surface area contributed by atoms with E-state index in [9.17, 15) is 0 Å². The van der Waals surface area contributed by atoms with Crippen molar-refractivity contribution in [3.8, 4) is 0 Å². The molecule has 0 aromatic heterocycles. The second-order valence-electron chi connectivity index (χ2n) is 7.32. The molecule has 0 bridgehead atoms. The summed E-state index contributed by atoms with van der Waals surface area (Å²) in [5, 5.41) is 0. The molecule has 0 spiro atoms. The highest BCUT2D eigenvalue weighted by Gasteiger charge is 2.23. The number of hydrogen-bond acceptors (Lipinski definition) is 1. The van der Waals surface area contributed by atoms with Gasteiger partial charge in [0.2, 0.25) is 0 Å². The monoisotopic (exact) mass is 397 g/mol. The summed E-state index contributed by atoms with van der Waals surface area (Å²) in [6.45, 7) is 6.62. The van der Waals surface area contributed by atoms with Crippen LogP contribution in [0.1, 0.15) is 104 Å². The minimum absolute atomic E-state index is 0. The van der Waals surface area contributed by atoms with Crippen molar-refractivity contribution in [1.29, 1.82) is 0 Å². The molecule has 1 atom stereocenters. The summed E-state index contributed by atoms with van der Waals surface area (Å²) >= 11 is 5.82. The van der Waals surface area contributed by atoms with Crippen LogP contribution in [0.25, 0.3) is 0 Å². The number of unbranched alkanes of at least 4 members (excludes halogenated alkanes) is 9. The Morgan fingerprint density at radius 3 is 1.59 bits per heavy atom. The summed E-state index contributed by atoms with van der Waals surface area (Å²) in [5.74, 6) is 1.40. The molecule has 0 aromatic carbocycles. The van der Waals surface area contributed by atoms with Gasteiger partial charge in [0, 0.05) is 11.4 Å². The van der Waals surface area contributed by atoms with Gasteiger partial charge in [-0.15, -0.1) is 28.6 Å². The van der Waals surface area contributed by atoms with Crippen molar-refractivity contribution in [2.75, 3.05) is 5.88 Å². The van der Waals surface area contributed by atoms with E-state index in [0.717, 1.165) is 12.3 Å². The zero-order valence-electron chi connectivity index (χ0n) is 15.3. The van der Waals surface area contributed by atoms with Crippen molar-refractivity contribution in [2.45, 2.75) is 110 Å². The van der Waals surface area contributed by atoms with E-state index in [1.165, 1.54) is 77.0 Å². The molecule has 136 valence electrons. The molecule has 0 aliphatic rings. The van der Waals surface area contributed by atoms with Gasteiger partial charge in [0.25, 0.3) is 0 Å². The van der Waals surface area contributed by atoms with Crippen molar-refractivity contribution >= 4 is 28.6 Å². The smallest absolute Gasteiger partial charge is 0.0223 e. The average Bonchev–Trinajstić information content (AvgIpc) is 2.42. The SMILES string of the molecule is Br.CCCCCCCCCCCCC(CCCCl)C(C)(C)N. The van der Waals surface area contributed by atoms with E-state index in [-0.39, 0.29) is 22.5 Å². The van der Waals surface area contributed by atoms with Crippen LogP contribution in [0.15, 0.2) is 0 Å². The normalized spacial score (nSPS) is 13.0. The van der Waals surface area contributed by atoms with Crippen molar-refractivity contribution < 1.29 is 0 Å². The molecular weight excluding hydrogens is 358 g/mol. The fraction of sp³-hybridized carbons (Fsp3) is 1.00. The lowest BCUT2D eigenvalue weighted by molar-refractivity contribution is 0.273. The molecule has 1 nitrogen and oxygen atoms in total. The van der Waals surface area contributed by atoms with Crippen LogP contribution in [0, 0.1) is 5.92 Å². The van der Waals surface area contributed by atoms with Crippen LogP contribution in [0.3, 0.4) is 0 Å². The van der Waals surface area contributed by atoms with Crippen LogP contribution in [-0.4, -0.2) is 11.4 Å². The summed E-state index contributed by atoms with van der Waals surface area (Å²) in [7, 11) is 0. The van der Waals surface area contributed by atoms with E-state index >= 15 is 0 Å². The predicted octanol–water partition coefficient (Wildman–Crippen LogP) is 7.25. The molecule has 0 heterocycles. The fourth-order valence-electron chi connectivity index (χ4n) is 3.09. The van der Waals surface area contributed by atoms with Gasteiger partial charge < -0.3 is 5.73 Å². The Labute approximate surface area is 155 Å². The van der Waals surface area contributed by atoms with Crippen LogP contribution in [0.4, 0.5) is 0 Å². The van der Waals surface area contributed by atoms with Gasteiger partial charge in [-0.3, -0.25) is 0 Å². The molecule has 0 aromatic rings. The second-order valence-corrected chi connectivity index (χ2v) is 7.70. The quantitative estimate of drug-likeness (QED) is 0.228. The van der Waals surface area contributed by atoms with Gasteiger partial charge in [-0.05, 0) is 39.0 Å². The molecular formula is C19H41BrClN. The highest BCUT2D eigenvalue weighted by molar-refractivity contribution is 8.93. The van der Waals surface area contributed by atoms with Gasteiger partial charge in [-0.25, -0.2) is 0 Å². The topological polar surface area (TPSA) is 26.0 Å². The second kappa shape index (κ2) is 16.6. The summed E-state index contributed by atoms with van der Waals surface area (Å²) in [5.41, 5.74) is 6.25. The first kappa shape index (κ1) is 25.0. The molecule has 0 aliphatic carbocycles. The molecule has 0 fully saturated rings. The lowest BCUT2D eigenvalue weighted by Crippen LogP contribution is -2.41. The third-order valence-electron chi connectivity index (χ3n) is 4.64. The molecule has 0 radical (unpaired) electrons. The third-order valence-corrected chi connectivity index (χ3v) is 4.91. The first-order chi connectivity index (χ1) is 10.0. The average molecular weight is 399 g/mol. The fourth-order valence-corrected chi connectivity index (χ4v) is 3.24. The number of rotatable bonds is 15. The largest absolute Gasteiger partial charge is 0.325 e. The summed E-state index contributed by atoms with van der Waals surface area (Å²) in [6.07, 6.45) is 17.6. The summed E-state index contributed by atoms with van der Waals surface area (Å²) < 4.78 is 0. The van der Waals surface area contributed by atoms with E-state index in [1.807, 2.05) is 0 Å². The molecule has 0 amide bonds. The molecule has 1 unspecified atom stereocenters. The van der Waals surface area contributed by atoms with E-state index in [1.54, 1.807) is 0 Å². The third kappa shape index (κ3) is 15.6. The summed E-state index contributed by atoms with van der Waals surface area (Å²) in [6, 6.07) is 0. The minimum atomic E-state index is -0.0503. The Bertz CT molecular complexity index is 216. The number of hydrogen-bond donors (Lipinski definition) is 1. The minimum Gasteiger partial charge on any atom is -0.325 e. The lowest BCUT2D eigenvalue weighted by atomic mass is 9.81. The highest BCUT2D eigenvalue weighted by Crippen LogP contribution is 2.26.